The van der Waals surface area contributed by atoms with Crippen molar-refractivity contribution in [2.45, 2.75) is 6.92 Å². The first-order valence-electron chi connectivity index (χ1n) is 11.2. The summed E-state index contributed by atoms with van der Waals surface area (Å²) < 4.78 is 0. The number of rotatable bonds is 7. The number of aliphatic imine (C=N–C) groups is 1. The fraction of sp³-hybridized carbons (Fsp3) is 0.192. The number of carboxylic acid groups (broad SMARTS) is 1. The summed E-state index contributed by atoms with van der Waals surface area (Å²) in [6.07, 6.45) is 0. The average molecular weight is 561 g/mol. The second-order valence-corrected chi connectivity index (χ2v) is 9.56. The number of aromatic carboxylic acids is 1. The summed E-state index contributed by atoms with van der Waals surface area (Å²) >= 11 is 13.2. The van der Waals surface area contributed by atoms with E-state index in [9.17, 15) is 9.90 Å². The molecule has 2 heterocycles. The van der Waals surface area contributed by atoms with Gasteiger partial charge in [-0.15, -0.1) is 11.3 Å². The van der Waals surface area contributed by atoms with Gasteiger partial charge in [0.15, 0.2) is 0 Å². The van der Waals surface area contributed by atoms with Crippen molar-refractivity contribution in [1.29, 1.82) is 0 Å². The first kappa shape index (κ1) is 28.5. The molecule has 0 saturated carbocycles. The lowest BCUT2D eigenvalue weighted by Gasteiger charge is -2.12. The Morgan fingerprint density at radius 3 is 2.11 bits per heavy atom. The number of aliphatic hydroxyl groups is 2. The maximum Gasteiger partial charge on any atom is 0.348 e. The van der Waals surface area contributed by atoms with Gasteiger partial charge in [-0.2, -0.15) is 0 Å². The van der Waals surface area contributed by atoms with E-state index in [0.717, 1.165) is 28.0 Å². The maximum absolute atomic E-state index is 12.1. The van der Waals surface area contributed by atoms with Crippen LogP contribution in [0.4, 0.5) is 5.69 Å². The van der Waals surface area contributed by atoms with Crippen LogP contribution in [-0.4, -0.2) is 58.4 Å². The third-order valence-corrected chi connectivity index (χ3v) is 6.61. The van der Waals surface area contributed by atoms with Crippen LogP contribution < -0.4 is 11.1 Å². The van der Waals surface area contributed by atoms with E-state index in [0.29, 0.717) is 44.0 Å². The van der Waals surface area contributed by atoms with Gasteiger partial charge in [-0.05, 0) is 48.4 Å². The highest BCUT2D eigenvalue weighted by Crippen LogP contribution is 2.43. The number of halogens is 2. The monoisotopic (exact) mass is 560 g/mol. The number of nitrogens with one attached hydrogen (secondary N) is 1. The third kappa shape index (κ3) is 7.26. The van der Waals surface area contributed by atoms with Crippen molar-refractivity contribution in [2.24, 2.45) is 10.7 Å². The maximum atomic E-state index is 12.1. The van der Waals surface area contributed by atoms with Crippen LogP contribution >= 0.6 is 34.5 Å². The van der Waals surface area contributed by atoms with Crippen molar-refractivity contribution in [3.63, 3.8) is 0 Å². The number of hydrogen-bond donors (Lipinski definition) is 5. The quantitative estimate of drug-likeness (QED) is 0.150. The minimum atomic E-state index is -1.06. The van der Waals surface area contributed by atoms with Crippen LogP contribution in [0.5, 0.6) is 0 Å². The van der Waals surface area contributed by atoms with E-state index in [-0.39, 0.29) is 24.6 Å². The summed E-state index contributed by atoms with van der Waals surface area (Å²) in [4.78, 5) is 21.8. The summed E-state index contributed by atoms with van der Waals surface area (Å²) in [7, 11) is 0. The Bertz CT molecular complexity index is 1390. The van der Waals surface area contributed by atoms with Crippen LogP contribution in [-0.2, 0) is 0 Å². The molecule has 0 aliphatic carbocycles. The molecule has 4 rings (SSSR count). The molecule has 2 aromatic carbocycles. The molecule has 0 aliphatic heterocycles. The van der Waals surface area contributed by atoms with E-state index in [4.69, 9.17) is 44.1 Å². The Morgan fingerprint density at radius 2 is 1.59 bits per heavy atom. The van der Waals surface area contributed by atoms with Crippen molar-refractivity contribution < 1.29 is 20.1 Å². The number of aromatic nitrogens is 1. The SMILES string of the molecule is CC(=NCCO)Nc1c(C(=O)O)sc2nc(-c3ccc(Cl)cc3)cc(-c3ccc(Cl)cc3)c12.NCCO. The number of fused-ring (bicyclic) bond motifs is 1. The smallest absolute Gasteiger partial charge is 0.348 e. The Hall–Kier alpha value is -3.05. The number of benzene rings is 2. The van der Waals surface area contributed by atoms with Gasteiger partial charge >= 0.3 is 5.97 Å². The van der Waals surface area contributed by atoms with Crippen molar-refractivity contribution in [2.75, 3.05) is 31.6 Å². The fourth-order valence-corrected chi connectivity index (χ4v) is 4.68. The van der Waals surface area contributed by atoms with Gasteiger partial charge < -0.3 is 26.4 Å². The lowest BCUT2D eigenvalue weighted by molar-refractivity contribution is 0.0703. The van der Waals surface area contributed by atoms with Gasteiger partial charge in [0.25, 0.3) is 0 Å². The lowest BCUT2D eigenvalue weighted by atomic mass is 9.99. The Morgan fingerprint density at radius 1 is 1.03 bits per heavy atom. The molecular weight excluding hydrogens is 535 g/mol. The Balaban J connectivity index is 0.000000886. The first-order valence-corrected chi connectivity index (χ1v) is 12.8. The highest BCUT2D eigenvalue weighted by atomic mass is 35.5. The number of anilines is 1. The van der Waals surface area contributed by atoms with Crippen LogP contribution in [0.1, 0.15) is 16.6 Å². The number of amidine groups is 1. The molecule has 0 bridgehead atoms. The summed E-state index contributed by atoms with van der Waals surface area (Å²) in [6, 6.07) is 16.6. The average Bonchev–Trinajstić information content (AvgIpc) is 3.26. The summed E-state index contributed by atoms with van der Waals surface area (Å²) in [5.74, 6) is -0.569. The van der Waals surface area contributed by atoms with Gasteiger partial charge in [-0.1, -0.05) is 47.5 Å². The number of aliphatic hydroxyl groups excluding tert-OH is 2. The topological polar surface area (TPSA) is 141 Å². The van der Waals surface area contributed by atoms with E-state index < -0.39 is 5.97 Å². The molecule has 0 radical (unpaired) electrons. The molecule has 0 amide bonds. The molecule has 8 nitrogen and oxygen atoms in total. The zero-order valence-electron chi connectivity index (χ0n) is 19.9. The second-order valence-electron chi connectivity index (χ2n) is 7.69. The molecule has 37 heavy (non-hydrogen) atoms. The molecule has 4 aromatic rings. The molecule has 6 N–H and O–H groups in total. The van der Waals surface area contributed by atoms with Crippen LogP contribution in [0.25, 0.3) is 32.6 Å². The lowest BCUT2D eigenvalue weighted by Crippen LogP contribution is -2.11. The highest BCUT2D eigenvalue weighted by molar-refractivity contribution is 7.21. The Kier molecular flexibility index (Phi) is 10.4. The summed E-state index contributed by atoms with van der Waals surface area (Å²) in [5, 5.41) is 31.7. The number of carboxylic acids is 1. The van der Waals surface area contributed by atoms with Crippen molar-refractivity contribution in [3.8, 4) is 22.4 Å². The molecule has 0 unspecified atom stereocenters. The third-order valence-electron chi connectivity index (χ3n) is 5.04. The number of thiophene rings is 1. The normalized spacial score (nSPS) is 11.2. The van der Waals surface area contributed by atoms with Gasteiger partial charge in [0, 0.05) is 27.5 Å². The molecule has 0 atom stereocenters. The van der Waals surface area contributed by atoms with Crippen molar-refractivity contribution >= 4 is 62.2 Å². The van der Waals surface area contributed by atoms with E-state index >= 15 is 0 Å². The highest BCUT2D eigenvalue weighted by Gasteiger charge is 2.23. The van der Waals surface area contributed by atoms with E-state index in [1.165, 1.54) is 0 Å². The summed E-state index contributed by atoms with van der Waals surface area (Å²) in [5.41, 5.74) is 8.42. The van der Waals surface area contributed by atoms with Crippen LogP contribution in [0, 0.1) is 0 Å². The first-order chi connectivity index (χ1) is 17.8. The number of carbonyl (C=O) groups is 1. The molecule has 0 fully saturated rings. The number of pyridine rings is 1. The molecule has 11 heteroatoms. The number of nitrogens with zero attached hydrogens (tertiary/aromatic N) is 2. The number of hydrogen-bond acceptors (Lipinski definition) is 7. The standard InChI is InChI=1S/C24H19Cl2N3O3S.C2H7NO/c1-13(27-10-11-30)28-21-20-18(14-2-6-16(25)7-3-14)12-19(15-4-8-17(26)9-5-15)29-23(20)33-22(21)24(31)32;3-1-2-4/h2-9,12,30H,10-11H2,1H3,(H,27,28)(H,31,32);4H,1-3H2. The van der Waals surface area contributed by atoms with Crippen LogP contribution in [0.2, 0.25) is 10.0 Å². The van der Waals surface area contributed by atoms with Gasteiger partial charge in [0.2, 0.25) is 0 Å². The van der Waals surface area contributed by atoms with Gasteiger partial charge in [-0.25, -0.2) is 9.78 Å². The van der Waals surface area contributed by atoms with E-state index in [1.807, 2.05) is 30.3 Å². The largest absolute Gasteiger partial charge is 0.477 e. The molecule has 194 valence electrons. The minimum absolute atomic E-state index is 0.0972. The van der Waals surface area contributed by atoms with Crippen molar-refractivity contribution in [3.05, 3.63) is 69.5 Å². The second kappa shape index (κ2) is 13.5. The zero-order chi connectivity index (χ0) is 26.9. The number of nitrogens with two attached hydrogens (primary N) is 1. The minimum Gasteiger partial charge on any atom is -0.477 e. The van der Waals surface area contributed by atoms with E-state index in [2.05, 4.69) is 10.3 Å². The summed E-state index contributed by atoms with van der Waals surface area (Å²) in [6.45, 7) is 2.31. The van der Waals surface area contributed by atoms with Crippen LogP contribution in [0.15, 0.2) is 59.6 Å². The van der Waals surface area contributed by atoms with E-state index in [1.54, 1.807) is 31.2 Å². The molecule has 0 aliphatic rings. The Labute approximate surface area is 228 Å². The molecule has 0 spiro atoms. The van der Waals surface area contributed by atoms with Gasteiger partial charge in [0.05, 0.1) is 37.0 Å². The predicted molar refractivity (Wildman–Crippen MR) is 152 cm³/mol. The molecular formula is C26H26Cl2N4O4S. The predicted octanol–water partition coefficient (Wildman–Crippen LogP) is 5.40. The van der Waals surface area contributed by atoms with Gasteiger partial charge in [0.1, 0.15) is 9.71 Å². The zero-order valence-corrected chi connectivity index (χ0v) is 22.2. The van der Waals surface area contributed by atoms with Crippen molar-refractivity contribution in [1.82, 2.24) is 4.98 Å². The molecule has 0 saturated heterocycles. The van der Waals surface area contributed by atoms with Gasteiger partial charge in [-0.3, -0.25) is 4.99 Å². The fourth-order valence-electron chi connectivity index (χ4n) is 3.43. The van der Waals surface area contributed by atoms with Crippen LogP contribution in [0.3, 0.4) is 0 Å². The molecule has 2 aromatic heterocycles.